The van der Waals surface area contributed by atoms with E-state index < -0.39 is 11.7 Å². The molecule has 29 heavy (non-hydrogen) atoms. The minimum absolute atomic E-state index is 0.115. The Hall–Kier alpha value is -3.10. The molecule has 4 rings (SSSR count). The molecule has 9 heteroatoms. The van der Waals surface area contributed by atoms with Crippen LogP contribution in [0.5, 0.6) is 5.75 Å². The first kappa shape index (κ1) is 19.2. The summed E-state index contributed by atoms with van der Waals surface area (Å²) in [5, 5.41) is 7.77. The zero-order valence-electron chi connectivity index (χ0n) is 15.7. The maximum absolute atomic E-state index is 13.1. The summed E-state index contributed by atoms with van der Waals surface area (Å²) in [4.78, 5) is 6.53. The fraction of sp³-hybridized carbons (Fsp3) is 0.350. The highest BCUT2D eigenvalue weighted by Gasteiger charge is 2.35. The van der Waals surface area contributed by atoms with E-state index in [9.17, 15) is 13.2 Å². The molecule has 0 atom stereocenters. The van der Waals surface area contributed by atoms with Gasteiger partial charge in [-0.2, -0.15) is 13.2 Å². The minimum atomic E-state index is -4.43. The summed E-state index contributed by atoms with van der Waals surface area (Å²) in [5.41, 5.74) is -0.00715. The first-order valence-corrected chi connectivity index (χ1v) is 9.24. The third-order valence-electron chi connectivity index (χ3n) is 4.77. The van der Waals surface area contributed by atoms with Gasteiger partial charge in [0.15, 0.2) is 0 Å². The van der Waals surface area contributed by atoms with E-state index in [1.54, 1.807) is 19.2 Å². The molecule has 3 heterocycles. The molecule has 152 valence electrons. The summed E-state index contributed by atoms with van der Waals surface area (Å²) >= 11 is 0. The number of aromatic nitrogens is 3. The van der Waals surface area contributed by atoms with E-state index in [0.717, 1.165) is 17.4 Å². The Bertz CT molecular complexity index is 964. The molecule has 6 nitrogen and oxygen atoms in total. The predicted molar refractivity (Wildman–Crippen MR) is 99.6 cm³/mol. The number of hydrogen-bond donors (Lipinski definition) is 0. The standard InChI is InChI=1S/C20H19F3N4O2/c1-13-25-26-19(28-13)14-6-7-18(24-12-14)27-10-8-15(9-11-27)29-17-5-3-2-4-16(17)20(21,22)23/h2-7,12,15H,8-11H2,1H3. The number of rotatable bonds is 4. The third kappa shape index (κ3) is 4.33. The molecule has 3 aromatic rings. The average molecular weight is 404 g/mol. The maximum atomic E-state index is 13.1. The van der Waals surface area contributed by atoms with E-state index in [1.807, 2.05) is 12.1 Å². The lowest BCUT2D eigenvalue weighted by Gasteiger charge is -2.33. The van der Waals surface area contributed by atoms with Gasteiger partial charge in [0.1, 0.15) is 17.7 Å². The molecule has 1 aromatic carbocycles. The van der Waals surface area contributed by atoms with Crippen LogP contribution in [-0.2, 0) is 6.18 Å². The first-order valence-electron chi connectivity index (χ1n) is 9.24. The average Bonchev–Trinajstić information content (AvgIpc) is 3.15. The second-order valence-corrected chi connectivity index (χ2v) is 6.83. The molecule has 1 aliphatic rings. The van der Waals surface area contributed by atoms with Crippen LogP contribution in [0.4, 0.5) is 19.0 Å². The van der Waals surface area contributed by atoms with Gasteiger partial charge in [-0.1, -0.05) is 12.1 Å². The largest absolute Gasteiger partial charge is 0.490 e. The normalized spacial score (nSPS) is 15.5. The number of para-hydroxylation sites is 1. The number of piperidine rings is 1. The van der Waals surface area contributed by atoms with E-state index in [0.29, 0.717) is 37.7 Å². The summed E-state index contributed by atoms with van der Waals surface area (Å²) in [6.07, 6.45) is -1.81. The fourth-order valence-corrected chi connectivity index (χ4v) is 3.30. The smallest absolute Gasteiger partial charge is 0.419 e. The molecule has 0 radical (unpaired) electrons. The molecular formula is C20H19F3N4O2. The summed E-state index contributed by atoms with van der Waals surface area (Å²) in [6, 6.07) is 9.06. The molecule has 0 bridgehead atoms. The number of aryl methyl sites for hydroxylation is 1. The second-order valence-electron chi connectivity index (χ2n) is 6.83. The molecule has 0 aliphatic carbocycles. The molecule has 0 unspecified atom stereocenters. The SMILES string of the molecule is Cc1nnc(-c2ccc(N3CCC(Oc4ccccc4C(F)(F)F)CC3)nc2)o1. The highest BCUT2D eigenvalue weighted by Crippen LogP contribution is 2.37. The van der Waals surface area contributed by atoms with Crippen molar-refractivity contribution in [2.24, 2.45) is 0 Å². The maximum Gasteiger partial charge on any atom is 0.419 e. The van der Waals surface area contributed by atoms with Gasteiger partial charge in [-0.3, -0.25) is 0 Å². The molecule has 0 amide bonds. The number of ether oxygens (including phenoxy) is 1. The van der Waals surface area contributed by atoms with Crippen molar-refractivity contribution in [1.82, 2.24) is 15.2 Å². The highest BCUT2D eigenvalue weighted by atomic mass is 19.4. The van der Waals surface area contributed by atoms with E-state index >= 15 is 0 Å². The molecule has 1 fully saturated rings. The zero-order chi connectivity index (χ0) is 20.4. The Balaban J connectivity index is 1.38. The number of alkyl halides is 3. The predicted octanol–water partition coefficient (Wildman–Crippen LogP) is 4.51. The summed E-state index contributed by atoms with van der Waals surface area (Å²) in [5.74, 6) is 1.57. The molecule has 2 aromatic heterocycles. The molecule has 0 spiro atoms. The zero-order valence-corrected chi connectivity index (χ0v) is 15.7. The van der Waals surface area contributed by atoms with Crippen molar-refractivity contribution in [3.8, 4) is 17.2 Å². The topological polar surface area (TPSA) is 64.3 Å². The lowest BCUT2D eigenvalue weighted by atomic mass is 10.1. The van der Waals surface area contributed by atoms with Crippen molar-refractivity contribution < 1.29 is 22.3 Å². The van der Waals surface area contributed by atoms with Crippen LogP contribution >= 0.6 is 0 Å². The minimum Gasteiger partial charge on any atom is -0.490 e. The third-order valence-corrected chi connectivity index (χ3v) is 4.77. The van der Waals surface area contributed by atoms with Crippen LogP contribution in [0.3, 0.4) is 0 Å². The summed E-state index contributed by atoms with van der Waals surface area (Å²) in [6.45, 7) is 3.01. The Morgan fingerprint density at radius 3 is 2.45 bits per heavy atom. The van der Waals surface area contributed by atoms with Gasteiger partial charge in [0, 0.05) is 39.1 Å². The van der Waals surface area contributed by atoms with Crippen LogP contribution in [0.15, 0.2) is 47.0 Å². The number of hydrogen-bond acceptors (Lipinski definition) is 6. The fourth-order valence-electron chi connectivity index (χ4n) is 3.30. The number of pyridine rings is 1. The van der Waals surface area contributed by atoms with Crippen molar-refractivity contribution >= 4 is 5.82 Å². The molecule has 1 aliphatic heterocycles. The summed E-state index contributed by atoms with van der Waals surface area (Å²) < 4.78 is 50.5. The van der Waals surface area contributed by atoms with Crippen molar-refractivity contribution in [2.45, 2.75) is 32.0 Å². The van der Waals surface area contributed by atoms with Crippen LogP contribution in [0, 0.1) is 6.92 Å². The lowest BCUT2D eigenvalue weighted by Crippen LogP contribution is -2.38. The Morgan fingerprint density at radius 1 is 1.07 bits per heavy atom. The Morgan fingerprint density at radius 2 is 1.83 bits per heavy atom. The Labute approximate surface area is 165 Å². The van der Waals surface area contributed by atoms with Gasteiger partial charge in [0.2, 0.25) is 11.8 Å². The van der Waals surface area contributed by atoms with Crippen molar-refractivity contribution in [1.29, 1.82) is 0 Å². The van der Waals surface area contributed by atoms with Gasteiger partial charge in [0.05, 0.1) is 11.1 Å². The van der Waals surface area contributed by atoms with Gasteiger partial charge in [0.25, 0.3) is 0 Å². The molecule has 1 saturated heterocycles. The van der Waals surface area contributed by atoms with Gasteiger partial charge in [-0.25, -0.2) is 4.98 Å². The number of benzene rings is 1. The quantitative estimate of drug-likeness (QED) is 0.638. The van der Waals surface area contributed by atoms with Crippen LogP contribution in [0.2, 0.25) is 0 Å². The van der Waals surface area contributed by atoms with E-state index in [4.69, 9.17) is 9.15 Å². The van der Waals surface area contributed by atoms with Gasteiger partial charge in [-0.05, 0) is 24.3 Å². The van der Waals surface area contributed by atoms with Gasteiger partial charge in [-0.15, -0.1) is 10.2 Å². The molecular weight excluding hydrogens is 385 g/mol. The monoisotopic (exact) mass is 404 g/mol. The number of anilines is 1. The van der Waals surface area contributed by atoms with Crippen molar-refractivity contribution in [2.75, 3.05) is 18.0 Å². The van der Waals surface area contributed by atoms with Gasteiger partial charge >= 0.3 is 6.18 Å². The number of nitrogens with zero attached hydrogens (tertiary/aromatic N) is 4. The van der Waals surface area contributed by atoms with Crippen molar-refractivity contribution in [3.05, 3.63) is 54.0 Å². The van der Waals surface area contributed by atoms with Crippen LogP contribution < -0.4 is 9.64 Å². The van der Waals surface area contributed by atoms with E-state index in [2.05, 4.69) is 20.1 Å². The van der Waals surface area contributed by atoms with Crippen LogP contribution in [0.1, 0.15) is 24.3 Å². The van der Waals surface area contributed by atoms with E-state index in [-0.39, 0.29) is 11.9 Å². The highest BCUT2D eigenvalue weighted by molar-refractivity contribution is 5.54. The van der Waals surface area contributed by atoms with Crippen LogP contribution in [0.25, 0.3) is 11.5 Å². The first-order chi connectivity index (χ1) is 13.9. The lowest BCUT2D eigenvalue weighted by molar-refractivity contribution is -0.139. The molecule has 0 saturated carbocycles. The molecule has 0 N–H and O–H groups in total. The Kier molecular flexibility index (Phi) is 5.12. The van der Waals surface area contributed by atoms with Crippen molar-refractivity contribution in [3.63, 3.8) is 0 Å². The second kappa shape index (κ2) is 7.73. The van der Waals surface area contributed by atoms with E-state index in [1.165, 1.54) is 12.1 Å². The van der Waals surface area contributed by atoms with Gasteiger partial charge < -0.3 is 14.1 Å². The summed E-state index contributed by atoms with van der Waals surface area (Å²) in [7, 11) is 0. The van der Waals surface area contributed by atoms with Crippen LogP contribution in [-0.4, -0.2) is 34.4 Å². The number of halogens is 3.